The first-order valence-corrected chi connectivity index (χ1v) is 12.0. The van der Waals surface area contributed by atoms with Crippen molar-refractivity contribution in [1.82, 2.24) is 4.98 Å². The lowest BCUT2D eigenvalue weighted by Gasteiger charge is -2.35. The first kappa shape index (κ1) is 27.0. The maximum absolute atomic E-state index is 13.4. The van der Waals surface area contributed by atoms with Crippen LogP contribution in [0.2, 0.25) is 0 Å². The molecule has 0 aliphatic heterocycles. The molecule has 0 spiro atoms. The molecule has 200 valence electrons. The van der Waals surface area contributed by atoms with Gasteiger partial charge >= 0.3 is 12.1 Å². The van der Waals surface area contributed by atoms with E-state index in [1.807, 2.05) is 5.32 Å². The number of carbonyl (C=O) groups is 2. The molecule has 0 saturated carbocycles. The predicted molar refractivity (Wildman–Crippen MR) is 134 cm³/mol. The summed E-state index contributed by atoms with van der Waals surface area (Å²) < 4.78 is 45.6. The zero-order chi connectivity index (χ0) is 27.8. The first-order valence-electron chi connectivity index (χ1n) is 12.0. The Bertz CT molecular complexity index is 1430. The fourth-order valence-electron chi connectivity index (χ4n) is 4.74. The summed E-state index contributed by atoms with van der Waals surface area (Å²) in [5.41, 5.74) is -0.374. The number of nitrogens with zero attached hydrogens (tertiary/aromatic N) is 2. The molecule has 3 aromatic rings. The van der Waals surface area contributed by atoms with E-state index in [0.29, 0.717) is 35.4 Å². The highest BCUT2D eigenvalue weighted by Gasteiger charge is 2.36. The molecule has 1 amide bonds. The van der Waals surface area contributed by atoms with Gasteiger partial charge in [0.05, 0.1) is 27.3 Å². The van der Waals surface area contributed by atoms with Crippen LogP contribution in [-0.2, 0) is 28.5 Å². The van der Waals surface area contributed by atoms with Gasteiger partial charge in [0.2, 0.25) is 0 Å². The van der Waals surface area contributed by atoms with E-state index in [1.165, 1.54) is 0 Å². The number of non-ortho nitro benzene ring substituents is 1. The Morgan fingerprint density at radius 3 is 2.53 bits per heavy atom. The van der Waals surface area contributed by atoms with Gasteiger partial charge in [-0.1, -0.05) is 39.0 Å². The summed E-state index contributed by atoms with van der Waals surface area (Å²) in [4.78, 5) is 40.4. The van der Waals surface area contributed by atoms with Crippen molar-refractivity contribution in [2.45, 2.75) is 46.2 Å². The van der Waals surface area contributed by atoms with Crippen LogP contribution in [0, 0.1) is 21.4 Å². The molecule has 1 aliphatic rings. The van der Waals surface area contributed by atoms with Gasteiger partial charge in [0, 0.05) is 23.2 Å². The average Bonchev–Trinajstić information content (AvgIpc) is 2.84. The minimum atomic E-state index is -4.95. The molecular weight excluding hydrogens is 503 g/mol. The molecule has 0 radical (unpaired) electrons. The van der Waals surface area contributed by atoms with Gasteiger partial charge in [-0.25, -0.2) is 4.79 Å². The highest BCUT2D eigenvalue weighted by molar-refractivity contribution is 6.06. The summed E-state index contributed by atoms with van der Waals surface area (Å²) >= 11 is 0. The third-order valence-corrected chi connectivity index (χ3v) is 6.82. The number of benzene rings is 2. The molecule has 1 aliphatic carbocycles. The van der Waals surface area contributed by atoms with Gasteiger partial charge in [0.15, 0.2) is 6.61 Å². The zero-order valence-corrected chi connectivity index (χ0v) is 21.0. The number of hydrogen-bond acceptors (Lipinski definition) is 6. The number of halogens is 3. The topological polar surface area (TPSA) is 111 Å². The van der Waals surface area contributed by atoms with Crippen LogP contribution in [0.15, 0.2) is 42.5 Å². The van der Waals surface area contributed by atoms with Crippen LogP contribution in [-0.4, -0.2) is 28.4 Å². The van der Waals surface area contributed by atoms with E-state index in [4.69, 9.17) is 9.72 Å². The van der Waals surface area contributed by atoms with Crippen molar-refractivity contribution in [2.24, 2.45) is 11.3 Å². The largest absolute Gasteiger partial charge is 0.452 e. The van der Waals surface area contributed by atoms with Crippen molar-refractivity contribution in [3.8, 4) is 0 Å². The third-order valence-electron chi connectivity index (χ3n) is 6.82. The molecular formula is C27H26F3N3O5. The number of nitro benzene ring substituents is 1. The fraction of sp³-hybridized carbons (Fsp3) is 0.370. The van der Waals surface area contributed by atoms with Crippen LogP contribution in [0.3, 0.4) is 0 Å². The number of para-hydroxylation sites is 1. The normalized spacial score (nSPS) is 15.6. The number of rotatable bonds is 5. The number of nitrogens with one attached hydrogen (secondary N) is 1. The summed E-state index contributed by atoms with van der Waals surface area (Å²) in [6.07, 6.45) is -2.76. The van der Waals surface area contributed by atoms with Crippen molar-refractivity contribution in [2.75, 3.05) is 11.9 Å². The highest BCUT2D eigenvalue weighted by atomic mass is 19.4. The number of aryl methyl sites for hydroxylation is 1. The summed E-state index contributed by atoms with van der Waals surface area (Å²) in [5, 5.41) is 13.5. The van der Waals surface area contributed by atoms with Crippen LogP contribution >= 0.6 is 0 Å². The minimum Gasteiger partial charge on any atom is -0.452 e. The molecule has 0 saturated heterocycles. The minimum absolute atomic E-state index is 0.00859. The van der Waals surface area contributed by atoms with E-state index in [-0.39, 0.29) is 11.3 Å². The van der Waals surface area contributed by atoms with Gasteiger partial charge in [0.25, 0.3) is 11.6 Å². The number of anilines is 1. The molecule has 1 N–H and O–H groups in total. The van der Waals surface area contributed by atoms with Crippen molar-refractivity contribution in [3.05, 3.63) is 75.0 Å². The second-order valence-corrected chi connectivity index (χ2v) is 10.3. The second-order valence-electron chi connectivity index (χ2n) is 10.3. The predicted octanol–water partition coefficient (Wildman–Crippen LogP) is 6.11. The molecule has 0 fully saturated rings. The molecule has 0 bridgehead atoms. The number of pyridine rings is 1. The van der Waals surface area contributed by atoms with Gasteiger partial charge < -0.3 is 10.1 Å². The standard InChI is InChI=1S/C27H26F3N3O5/c1-26(2,3)15-8-10-21-18(12-15)24(17-6-4-5-7-20(17)31-21)25(35)38-14-23(34)32-22-11-9-16(33(36)37)13-19(22)27(28,29)30/h4-7,9,11,13,15H,8,10,12,14H2,1-3H3,(H,32,34)/t15-/m1/s1. The monoisotopic (exact) mass is 529 g/mol. The van der Waals surface area contributed by atoms with Crippen molar-refractivity contribution < 1.29 is 32.4 Å². The molecule has 11 heteroatoms. The molecule has 1 atom stereocenters. The molecule has 2 aromatic carbocycles. The Kier molecular flexibility index (Phi) is 7.14. The average molecular weight is 530 g/mol. The number of alkyl halides is 3. The lowest BCUT2D eigenvalue weighted by molar-refractivity contribution is -0.385. The van der Waals surface area contributed by atoms with E-state index in [9.17, 15) is 32.9 Å². The maximum atomic E-state index is 13.4. The van der Waals surface area contributed by atoms with Gasteiger partial charge in [-0.05, 0) is 48.3 Å². The molecule has 4 rings (SSSR count). The fourth-order valence-corrected chi connectivity index (χ4v) is 4.74. The molecule has 8 nitrogen and oxygen atoms in total. The van der Waals surface area contributed by atoms with Crippen molar-refractivity contribution >= 4 is 34.2 Å². The quantitative estimate of drug-likeness (QED) is 0.243. The van der Waals surface area contributed by atoms with Gasteiger partial charge in [-0.2, -0.15) is 13.2 Å². The van der Waals surface area contributed by atoms with Crippen LogP contribution in [0.4, 0.5) is 24.5 Å². The number of amides is 1. The Balaban J connectivity index is 1.58. The SMILES string of the molecule is CC(C)(C)[C@@H]1CCc2nc3ccccc3c(C(=O)OCC(=O)Nc3ccc([N+](=O)[O-])cc3C(F)(F)F)c2C1. The van der Waals surface area contributed by atoms with Gasteiger partial charge in [0.1, 0.15) is 0 Å². The van der Waals surface area contributed by atoms with Gasteiger partial charge in [-0.3, -0.25) is 19.9 Å². The smallest absolute Gasteiger partial charge is 0.418 e. The molecule has 1 heterocycles. The van der Waals surface area contributed by atoms with Gasteiger partial charge in [-0.15, -0.1) is 0 Å². The Hall–Kier alpha value is -4.02. The van der Waals surface area contributed by atoms with Crippen LogP contribution in [0.1, 0.15) is 54.4 Å². The van der Waals surface area contributed by atoms with Crippen LogP contribution in [0.25, 0.3) is 10.9 Å². The number of esters is 1. The Labute approximate surface area is 216 Å². The molecule has 38 heavy (non-hydrogen) atoms. The summed E-state index contributed by atoms with van der Waals surface area (Å²) in [6, 6.07) is 9.06. The number of aromatic nitrogens is 1. The van der Waals surface area contributed by atoms with Crippen LogP contribution < -0.4 is 5.32 Å². The summed E-state index contributed by atoms with van der Waals surface area (Å²) in [5.74, 6) is -1.50. The van der Waals surface area contributed by atoms with Crippen molar-refractivity contribution in [1.29, 1.82) is 0 Å². The number of fused-ring (bicyclic) bond motifs is 2. The van der Waals surface area contributed by atoms with E-state index in [1.54, 1.807) is 24.3 Å². The number of carbonyl (C=O) groups excluding carboxylic acids is 2. The van der Waals surface area contributed by atoms with E-state index in [0.717, 1.165) is 29.8 Å². The Morgan fingerprint density at radius 1 is 1.16 bits per heavy atom. The summed E-state index contributed by atoms with van der Waals surface area (Å²) in [6.45, 7) is 5.55. The first-order chi connectivity index (χ1) is 17.8. The highest BCUT2D eigenvalue weighted by Crippen LogP contribution is 2.40. The van der Waals surface area contributed by atoms with Crippen molar-refractivity contribution in [3.63, 3.8) is 0 Å². The number of nitro groups is 1. The lowest BCUT2D eigenvalue weighted by atomic mass is 9.70. The zero-order valence-electron chi connectivity index (χ0n) is 21.0. The van der Waals surface area contributed by atoms with E-state index in [2.05, 4.69) is 20.8 Å². The number of hydrogen-bond donors (Lipinski definition) is 1. The molecule has 0 unspecified atom stereocenters. The number of ether oxygens (including phenoxy) is 1. The third kappa shape index (κ3) is 5.61. The van der Waals surface area contributed by atoms with E-state index >= 15 is 0 Å². The summed E-state index contributed by atoms with van der Waals surface area (Å²) in [7, 11) is 0. The Morgan fingerprint density at radius 2 is 1.87 bits per heavy atom. The van der Waals surface area contributed by atoms with Crippen LogP contribution in [0.5, 0.6) is 0 Å². The maximum Gasteiger partial charge on any atom is 0.418 e. The van der Waals surface area contributed by atoms with E-state index < -0.39 is 46.5 Å². The molecule has 1 aromatic heterocycles. The second kappa shape index (κ2) is 10.0. The lowest BCUT2D eigenvalue weighted by Crippen LogP contribution is -2.29.